The van der Waals surface area contributed by atoms with Crippen molar-refractivity contribution in [2.45, 2.75) is 26.2 Å². The zero-order chi connectivity index (χ0) is 36.1. The fourth-order valence-corrected chi connectivity index (χ4v) is 7.88. The SMILES string of the molecule is C=C(/C=C(\C=C(/C)c1ccccc1)c1ccccc1)c1nc(-c2ccccc2)nc(-n2c3ccccc3c3ccc4c(c32)-c2ccccc2C4(C)C)n1. The third-order valence-electron chi connectivity index (χ3n) is 10.6. The molecule has 9 rings (SSSR count). The summed E-state index contributed by atoms with van der Waals surface area (Å²) in [6.07, 6.45) is 4.31. The lowest BCUT2D eigenvalue weighted by atomic mass is 9.82. The number of allylic oxidation sites excluding steroid dienone is 5. The summed E-state index contributed by atoms with van der Waals surface area (Å²) in [7, 11) is 0. The van der Waals surface area contributed by atoms with Crippen molar-refractivity contribution in [2.75, 3.05) is 0 Å². The van der Waals surface area contributed by atoms with Gasteiger partial charge in [-0.05, 0) is 58.0 Å². The van der Waals surface area contributed by atoms with E-state index in [1.807, 2.05) is 42.5 Å². The minimum absolute atomic E-state index is 0.154. The summed E-state index contributed by atoms with van der Waals surface area (Å²) in [5.74, 6) is 1.67. The first-order valence-electron chi connectivity index (χ1n) is 18.1. The molecule has 0 amide bonds. The lowest BCUT2D eigenvalue weighted by Gasteiger charge is -2.21. The van der Waals surface area contributed by atoms with E-state index in [4.69, 9.17) is 15.0 Å². The largest absolute Gasteiger partial charge is 0.277 e. The highest BCUT2D eigenvalue weighted by molar-refractivity contribution is 6.15. The first-order valence-corrected chi connectivity index (χ1v) is 18.1. The summed E-state index contributed by atoms with van der Waals surface area (Å²) in [5, 5.41) is 2.32. The molecule has 0 bridgehead atoms. The highest BCUT2D eigenvalue weighted by Crippen LogP contribution is 2.52. The first-order chi connectivity index (χ1) is 25.9. The van der Waals surface area contributed by atoms with Gasteiger partial charge in [0.2, 0.25) is 5.95 Å². The molecule has 254 valence electrons. The van der Waals surface area contributed by atoms with E-state index < -0.39 is 0 Å². The maximum absolute atomic E-state index is 5.28. The van der Waals surface area contributed by atoms with Gasteiger partial charge in [0, 0.05) is 32.9 Å². The second kappa shape index (κ2) is 12.8. The van der Waals surface area contributed by atoms with Crippen LogP contribution in [0.2, 0.25) is 0 Å². The van der Waals surface area contributed by atoms with E-state index in [-0.39, 0.29) is 5.41 Å². The topological polar surface area (TPSA) is 43.6 Å². The van der Waals surface area contributed by atoms with Gasteiger partial charge < -0.3 is 0 Å². The Morgan fingerprint density at radius 2 is 1.25 bits per heavy atom. The van der Waals surface area contributed by atoms with Crippen LogP contribution in [-0.2, 0) is 5.41 Å². The van der Waals surface area contributed by atoms with E-state index in [0.717, 1.165) is 44.3 Å². The standard InChI is InChI=1S/C49H38N4/c1-32(34-18-8-5-9-19-34)30-37(35-20-10-6-11-21-35)31-33(2)46-50-47(36-22-12-7-13-23-36)52-48(51-46)53-43-27-17-15-24-38(43)39-28-29-42-44(45(39)53)40-25-14-16-26-41(40)49(42,3)4/h5-31H,2H2,1,3-4H3/b32-30+,37-31+. The molecule has 4 heteroatoms. The molecule has 0 saturated carbocycles. The second-order valence-corrected chi connectivity index (χ2v) is 14.2. The zero-order valence-electron chi connectivity index (χ0n) is 30.1. The van der Waals surface area contributed by atoms with Crippen molar-refractivity contribution in [1.29, 1.82) is 0 Å². The Labute approximate surface area is 310 Å². The smallest absolute Gasteiger partial charge is 0.238 e. The van der Waals surface area contributed by atoms with E-state index in [1.54, 1.807) is 0 Å². The molecule has 4 nitrogen and oxygen atoms in total. The average Bonchev–Trinajstić information content (AvgIpc) is 3.67. The van der Waals surface area contributed by atoms with E-state index in [0.29, 0.717) is 23.2 Å². The monoisotopic (exact) mass is 682 g/mol. The molecule has 2 heterocycles. The van der Waals surface area contributed by atoms with Crippen LogP contribution >= 0.6 is 0 Å². The number of benzene rings is 6. The Balaban J connectivity index is 1.30. The maximum Gasteiger partial charge on any atom is 0.238 e. The van der Waals surface area contributed by atoms with Crippen molar-refractivity contribution in [2.24, 2.45) is 0 Å². The number of para-hydroxylation sites is 1. The fourth-order valence-electron chi connectivity index (χ4n) is 7.88. The number of fused-ring (bicyclic) bond motifs is 7. The van der Waals surface area contributed by atoms with Crippen LogP contribution in [-0.4, -0.2) is 19.5 Å². The molecule has 0 radical (unpaired) electrons. The summed E-state index contributed by atoms with van der Waals surface area (Å²) < 4.78 is 2.24. The van der Waals surface area contributed by atoms with Crippen molar-refractivity contribution in [1.82, 2.24) is 19.5 Å². The van der Waals surface area contributed by atoms with Crippen LogP contribution in [0.4, 0.5) is 0 Å². The molecule has 53 heavy (non-hydrogen) atoms. The van der Waals surface area contributed by atoms with Gasteiger partial charge in [-0.1, -0.05) is 172 Å². The summed E-state index contributed by atoms with van der Waals surface area (Å²) in [5.41, 5.74) is 13.1. The molecule has 0 aliphatic heterocycles. The Kier molecular flexibility index (Phi) is 7.82. The highest BCUT2D eigenvalue weighted by Gasteiger charge is 2.37. The lowest BCUT2D eigenvalue weighted by Crippen LogP contribution is -2.14. The quantitative estimate of drug-likeness (QED) is 0.157. The Morgan fingerprint density at radius 3 is 2.00 bits per heavy atom. The van der Waals surface area contributed by atoms with Crippen molar-refractivity contribution in [3.05, 3.63) is 198 Å². The predicted molar refractivity (Wildman–Crippen MR) is 221 cm³/mol. The van der Waals surface area contributed by atoms with E-state index in [9.17, 15) is 0 Å². The van der Waals surface area contributed by atoms with E-state index >= 15 is 0 Å². The predicted octanol–water partition coefficient (Wildman–Crippen LogP) is 12.1. The van der Waals surface area contributed by atoms with Gasteiger partial charge in [0.15, 0.2) is 11.6 Å². The summed E-state index contributed by atoms with van der Waals surface area (Å²) in [6, 6.07) is 52.9. The molecule has 0 N–H and O–H groups in total. The Morgan fingerprint density at radius 1 is 0.604 bits per heavy atom. The molecule has 0 unspecified atom stereocenters. The summed E-state index contributed by atoms with van der Waals surface area (Å²) >= 11 is 0. The second-order valence-electron chi connectivity index (χ2n) is 14.2. The van der Waals surface area contributed by atoms with Crippen LogP contribution < -0.4 is 0 Å². The molecule has 1 aliphatic carbocycles. The highest BCUT2D eigenvalue weighted by atomic mass is 15.2. The number of nitrogens with zero attached hydrogens (tertiary/aromatic N) is 4. The van der Waals surface area contributed by atoms with Gasteiger partial charge in [-0.3, -0.25) is 4.57 Å². The van der Waals surface area contributed by atoms with Crippen LogP contribution in [0.25, 0.3) is 67.0 Å². The molecule has 1 aliphatic rings. The van der Waals surface area contributed by atoms with Crippen LogP contribution in [0.1, 0.15) is 48.8 Å². The van der Waals surface area contributed by atoms with Gasteiger partial charge >= 0.3 is 0 Å². The van der Waals surface area contributed by atoms with E-state index in [2.05, 4.69) is 153 Å². The molecule has 0 atom stereocenters. The maximum atomic E-state index is 5.28. The molecule has 0 spiro atoms. The van der Waals surface area contributed by atoms with Gasteiger partial charge in [0.25, 0.3) is 0 Å². The van der Waals surface area contributed by atoms with Crippen LogP contribution in [0, 0.1) is 0 Å². The summed E-state index contributed by atoms with van der Waals surface area (Å²) in [4.78, 5) is 15.6. The van der Waals surface area contributed by atoms with Crippen molar-refractivity contribution in [3.63, 3.8) is 0 Å². The number of hydrogen-bond acceptors (Lipinski definition) is 3. The van der Waals surface area contributed by atoms with Crippen LogP contribution in [0.5, 0.6) is 0 Å². The van der Waals surface area contributed by atoms with Crippen LogP contribution in [0.15, 0.2) is 170 Å². The number of aromatic nitrogens is 4. The zero-order valence-corrected chi connectivity index (χ0v) is 30.1. The van der Waals surface area contributed by atoms with Gasteiger partial charge in [0.05, 0.1) is 11.0 Å². The Hall–Kier alpha value is -6.65. The Bertz CT molecular complexity index is 2750. The number of rotatable bonds is 7. The van der Waals surface area contributed by atoms with E-state index in [1.165, 1.54) is 27.6 Å². The summed E-state index contributed by atoms with van der Waals surface area (Å²) in [6.45, 7) is 11.4. The molecular weight excluding hydrogens is 645 g/mol. The van der Waals surface area contributed by atoms with Crippen LogP contribution in [0.3, 0.4) is 0 Å². The van der Waals surface area contributed by atoms with Gasteiger partial charge in [0.1, 0.15) is 0 Å². The molecule has 6 aromatic carbocycles. The molecule has 2 aromatic heterocycles. The molecular formula is C49H38N4. The van der Waals surface area contributed by atoms with Crippen molar-refractivity contribution >= 4 is 38.5 Å². The third kappa shape index (κ3) is 5.51. The lowest BCUT2D eigenvalue weighted by molar-refractivity contribution is 0.660. The minimum Gasteiger partial charge on any atom is -0.277 e. The molecule has 0 saturated heterocycles. The minimum atomic E-state index is -0.154. The number of hydrogen-bond donors (Lipinski definition) is 0. The van der Waals surface area contributed by atoms with Crippen molar-refractivity contribution < 1.29 is 0 Å². The first kappa shape index (κ1) is 32.3. The van der Waals surface area contributed by atoms with Gasteiger partial charge in [-0.15, -0.1) is 0 Å². The third-order valence-corrected chi connectivity index (χ3v) is 10.6. The van der Waals surface area contributed by atoms with Crippen molar-refractivity contribution in [3.8, 4) is 28.5 Å². The van der Waals surface area contributed by atoms with Gasteiger partial charge in [-0.25, -0.2) is 4.98 Å². The average molecular weight is 683 g/mol. The molecule has 0 fully saturated rings. The fraction of sp³-hybridized carbons (Fsp3) is 0.0816. The van der Waals surface area contributed by atoms with Gasteiger partial charge in [-0.2, -0.15) is 9.97 Å². The normalized spacial score (nSPS) is 13.6. The molecule has 8 aromatic rings.